The van der Waals surface area contributed by atoms with Crippen LogP contribution in [0.25, 0.3) is 0 Å². The van der Waals surface area contributed by atoms with E-state index in [1.54, 1.807) is 18.6 Å². The second-order valence-electron chi connectivity index (χ2n) is 3.27. The third-order valence-electron chi connectivity index (χ3n) is 2.25. The summed E-state index contributed by atoms with van der Waals surface area (Å²) in [6.45, 7) is 3.01. The Morgan fingerprint density at radius 1 is 1.54 bits per heavy atom. The van der Waals surface area contributed by atoms with Gasteiger partial charge in [-0.3, -0.25) is 9.97 Å². The number of hydrogen-bond donors (Lipinski definition) is 2. The van der Waals surface area contributed by atoms with Gasteiger partial charge in [-0.15, -0.1) is 0 Å². The van der Waals surface area contributed by atoms with Gasteiger partial charge in [-0.25, -0.2) is 0 Å². The fourth-order valence-corrected chi connectivity index (χ4v) is 1.50. The molecular formula is C9H14N4. The van der Waals surface area contributed by atoms with E-state index in [4.69, 9.17) is 0 Å². The summed E-state index contributed by atoms with van der Waals surface area (Å²) < 4.78 is 0. The van der Waals surface area contributed by atoms with Crippen LogP contribution in [0.4, 0.5) is 0 Å². The van der Waals surface area contributed by atoms with Gasteiger partial charge in [0, 0.05) is 37.7 Å². The first-order valence-electron chi connectivity index (χ1n) is 4.64. The second-order valence-corrected chi connectivity index (χ2v) is 3.27. The molecule has 13 heavy (non-hydrogen) atoms. The molecule has 0 amide bonds. The first-order valence-corrected chi connectivity index (χ1v) is 4.64. The highest BCUT2D eigenvalue weighted by molar-refractivity contribution is 4.94. The van der Waals surface area contributed by atoms with Crippen molar-refractivity contribution in [1.29, 1.82) is 0 Å². The average molecular weight is 178 g/mol. The molecule has 2 heterocycles. The average Bonchev–Trinajstić information content (AvgIpc) is 2.69. The number of nitrogens with one attached hydrogen (secondary N) is 2. The molecule has 0 aromatic carbocycles. The van der Waals surface area contributed by atoms with Gasteiger partial charge in [0.25, 0.3) is 0 Å². The first kappa shape index (κ1) is 8.59. The Morgan fingerprint density at radius 2 is 2.54 bits per heavy atom. The second kappa shape index (κ2) is 4.30. The maximum atomic E-state index is 4.19. The zero-order valence-corrected chi connectivity index (χ0v) is 7.53. The highest BCUT2D eigenvalue weighted by atomic mass is 15.0. The largest absolute Gasteiger partial charge is 0.315 e. The number of aromatic nitrogens is 2. The van der Waals surface area contributed by atoms with E-state index in [0.717, 1.165) is 25.3 Å². The van der Waals surface area contributed by atoms with E-state index in [9.17, 15) is 0 Å². The summed E-state index contributed by atoms with van der Waals surface area (Å²) in [5, 5.41) is 6.74. The highest BCUT2D eigenvalue weighted by Gasteiger charge is 2.12. The lowest BCUT2D eigenvalue weighted by molar-refractivity contribution is 0.541. The summed E-state index contributed by atoms with van der Waals surface area (Å²) in [4.78, 5) is 8.21. The standard InChI is InChI=1S/C9H14N4/c1-2-10-5-8(1)13-7-9-6-11-3-4-12-9/h3-4,6,8,10,13H,1-2,5,7H2/t8-/m0/s1. The zero-order valence-electron chi connectivity index (χ0n) is 7.53. The summed E-state index contributed by atoms with van der Waals surface area (Å²) >= 11 is 0. The number of hydrogen-bond acceptors (Lipinski definition) is 4. The molecular weight excluding hydrogens is 164 g/mol. The van der Waals surface area contributed by atoms with Crippen molar-refractivity contribution in [3.63, 3.8) is 0 Å². The van der Waals surface area contributed by atoms with Gasteiger partial charge in [0.15, 0.2) is 0 Å². The Morgan fingerprint density at radius 3 is 3.23 bits per heavy atom. The van der Waals surface area contributed by atoms with Crippen LogP contribution in [0, 0.1) is 0 Å². The molecule has 1 aliphatic rings. The molecule has 0 spiro atoms. The van der Waals surface area contributed by atoms with Crippen molar-refractivity contribution in [2.45, 2.75) is 19.0 Å². The SMILES string of the molecule is c1cnc(CN[C@H]2CCNC2)cn1. The molecule has 0 saturated carbocycles. The van der Waals surface area contributed by atoms with Crippen LogP contribution >= 0.6 is 0 Å². The predicted molar refractivity (Wildman–Crippen MR) is 50.1 cm³/mol. The topological polar surface area (TPSA) is 49.8 Å². The fourth-order valence-electron chi connectivity index (χ4n) is 1.50. The van der Waals surface area contributed by atoms with E-state index < -0.39 is 0 Å². The fraction of sp³-hybridized carbons (Fsp3) is 0.556. The molecule has 4 heteroatoms. The van der Waals surface area contributed by atoms with Gasteiger partial charge in [0.05, 0.1) is 5.69 Å². The predicted octanol–water partition coefficient (Wildman–Crippen LogP) is -0.0719. The van der Waals surface area contributed by atoms with E-state index in [1.165, 1.54) is 6.42 Å². The van der Waals surface area contributed by atoms with Crippen LogP contribution in [0.5, 0.6) is 0 Å². The van der Waals surface area contributed by atoms with Crippen LogP contribution in [0.2, 0.25) is 0 Å². The summed E-state index contributed by atoms with van der Waals surface area (Å²) in [5.74, 6) is 0. The third kappa shape index (κ3) is 2.47. The van der Waals surface area contributed by atoms with E-state index in [0.29, 0.717) is 6.04 Å². The van der Waals surface area contributed by atoms with Crippen LogP contribution in [0.15, 0.2) is 18.6 Å². The van der Waals surface area contributed by atoms with Crippen molar-refractivity contribution in [2.24, 2.45) is 0 Å². The third-order valence-corrected chi connectivity index (χ3v) is 2.25. The minimum Gasteiger partial charge on any atom is -0.315 e. The lowest BCUT2D eigenvalue weighted by atomic mass is 10.2. The normalized spacial score (nSPS) is 22.0. The summed E-state index contributed by atoms with van der Waals surface area (Å²) in [6.07, 6.45) is 6.43. The zero-order chi connectivity index (χ0) is 8.93. The van der Waals surface area contributed by atoms with Gasteiger partial charge in [0.1, 0.15) is 0 Å². The number of nitrogens with zero attached hydrogens (tertiary/aromatic N) is 2. The quantitative estimate of drug-likeness (QED) is 0.680. The van der Waals surface area contributed by atoms with Gasteiger partial charge in [0.2, 0.25) is 0 Å². The minimum absolute atomic E-state index is 0.599. The van der Waals surface area contributed by atoms with Gasteiger partial charge in [-0.05, 0) is 13.0 Å². The van der Waals surface area contributed by atoms with E-state index in [-0.39, 0.29) is 0 Å². The van der Waals surface area contributed by atoms with Crippen LogP contribution in [0.1, 0.15) is 12.1 Å². The molecule has 0 bridgehead atoms. The van der Waals surface area contributed by atoms with E-state index >= 15 is 0 Å². The van der Waals surface area contributed by atoms with Gasteiger partial charge < -0.3 is 10.6 Å². The van der Waals surface area contributed by atoms with Crippen LogP contribution in [-0.2, 0) is 6.54 Å². The Kier molecular flexibility index (Phi) is 2.84. The minimum atomic E-state index is 0.599. The highest BCUT2D eigenvalue weighted by Crippen LogP contribution is 1.98. The van der Waals surface area contributed by atoms with E-state index in [1.807, 2.05) is 0 Å². The molecule has 1 aromatic rings. The van der Waals surface area contributed by atoms with Crippen molar-refractivity contribution in [1.82, 2.24) is 20.6 Å². The molecule has 1 aliphatic heterocycles. The molecule has 2 N–H and O–H groups in total. The van der Waals surface area contributed by atoms with Gasteiger partial charge >= 0.3 is 0 Å². The van der Waals surface area contributed by atoms with Crippen molar-refractivity contribution < 1.29 is 0 Å². The van der Waals surface area contributed by atoms with Crippen LogP contribution in [-0.4, -0.2) is 29.1 Å². The Hall–Kier alpha value is -1.00. The van der Waals surface area contributed by atoms with Crippen LogP contribution in [0.3, 0.4) is 0 Å². The molecule has 70 valence electrons. The van der Waals surface area contributed by atoms with Crippen molar-refractivity contribution in [2.75, 3.05) is 13.1 Å². The maximum absolute atomic E-state index is 4.19. The monoisotopic (exact) mass is 178 g/mol. The van der Waals surface area contributed by atoms with Crippen molar-refractivity contribution >= 4 is 0 Å². The molecule has 2 rings (SSSR count). The van der Waals surface area contributed by atoms with Gasteiger partial charge in [-0.1, -0.05) is 0 Å². The molecule has 4 nitrogen and oxygen atoms in total. The Balaban J connectivity index is 1.79. The smallest absolute Gasteiger partial charge is 0.0724 e. The van der Waals surface area contributed by atoms with Gasteiger partial charge in [-0.2, -0.15) is 0 Å². The Bertz CT molecular complexity index is 243. The van der Waals surface area contributed by atoms with Crippen molar-refractivity contribution in [3.05, 3.63) is 24.3 Å². The first-order chi connectivity index (χ1) is 6.45. The summed E-state index contributed by atoms with van der Waals surface area (Å²) in [5.41, 5.74) is 1.01. The molecule has 1 atom stereocenters. The lowest BCUT2D eigenvalue weighted by Gasteiger charge is -2.09. The number of rotatable bonds is 3. The van der Waals surface area contributed by atoms with Crippen molar-refractivity contribution in [3.8, 4) is 0 Å². The molecule has 1 aromatic heterocycles. The maximum Gasteiger partial charge on any atom is 0.0724 e. The molecule has 1 saturated heterocycles. The lowest BCUT2D eigenvalue weighted by Crippen LogP contribution is -2.30. The summed E-state index contributed by atoms with van der Waals surface area (Å²) in [6, 6.07) is 0.599. The molecule has 0 aliphatic carbocycles. The summed E-state index contributed by atoms with van der Waals surface area (Å²) in [7, 11) is 0. The molecule has 0 unspecified atom stereocenters. The Labute approximate surface area is 77.8 Å². The molecule has 1 fully saturated rings. The van der Waals surface area contributed by atoms with E-state index in [2.05, 4.69) is 20.6 Å². The molecule has 0 radical (unpaired) electrons. The van der Waals surface area contributed by atoms with Crippen LogP contribution < -0.4 is 10.6 Å².